The van der Waals surface area contributed by atoms with Crippen LogP contribution in [0.4, 0.5) is 0 Å². The molecule has 4 N–H and O–H groups in total. The van der Waals surface area contributed by atoms with E-state index in [1.54, 1.807) is 0 Å². The highest BCUT2D eigenvalue weighted by Crippen LogP contribution is 2.08. The Morgan fingerprint density at radius 1 is 1.06 bits per heavy atom. The second-order valence-corrected chi connectivity index (χ2v) is 4.00. The lowest BCUT2D eigenvalue weighted by Crippen LogP contribution is -2.14. The van der Waals surface area contributed by atoms with Crippen LogP contribution in [0, 0.1) is 0 Å². The molecule has 0 aliphatic rings. The molecule has 0 saturated heterocycles. The monoisotopic (exact) mass is 231 g/mol. The Hall–Kier alpha value is -0.770. The van der Waals surface area contributed by atoms with E-state index in [0.29, 0.717) is 0 Å². The van der Waals surface area contributed by atoms with Crippen molar-refractivity contribution in [3.8, 4) is 0 Å². The highest BCUT2D eigenvalue weighted by Gasteiger charge is 1.92. The lowest BCUT2D eigenvalue weighted by molar-refractivity contribution is 0.393. The molecule has 0 aromatic heterocycles. The molecule has 0 heterocycles. The number of ether oxygens (including phenoxy) is 1. The Balaban J connectivity index is 3.04. The number of nitrogens with two attached hydrogens (primary N) is 2. The van der Waals surface area contributed by atoms with Crippen LogP contribution in [-0.2, 0) is 4.74 Å². The Kier molecular flexibility index (Phi) is 10.2. The minimum Gasteiger partial charge on any atom is -0.469 e. The van der Waals surface area contributed by atoms with E-state index in [9.17, 15) is 0 Å². The van der Waals surface area contributed by atoms with Crippen LogP contribution in [0.5, 0.6) is 0 Å². The standard InChI is InChI=1S/C12H27N3O/c1-16-12(14)15-11-9-7-5-3-2-4-6-8-10-13/h2-11,13H2,1H3,(H2,14,15)/i/hT. The fourth-order valence-electron chi connectivity index (χ4n) is 1.55. The molecule has 0 aliphatic carbocycles. The van der Waals surface area contributed by atoms with Crippen LogP contribution in [0.1, 0.15) is 51.4 Å². The van der Waals surface area contributed by atoms with E-state index in [0.717, 1.165) is 25.9 Å². The Bertz CT molecular complexity index is 189. The SMILES string of the molecule is [3H]NCCCCCCCCCCN=C(N)OC. The third kappa shape index (κ3) is 11.3. The second-order valence-electron chi connectivity index (χ2n) is 4.00. The summed E-state index contributed by atoms with van der Waals surface area (Å²) in [5.41, 5.74) is 7.83. The van der Waals surface area contributed by atoms with Gasteiger partial charge in [-0.05, 0) is 19.4 Å². The van der Waals surface area contributed by atoms with Crippen molar-refractivity contribution in [2.45, 2.75) is 51.4 Å². The molecule has 0 aromatic rings. The van der Waals surface area contributed by atoms with E-state index in [4.69, 9.17) is 11.9 Å². The first-order valence-corrected chi connectivity index (χ1v) is 6.29. The summed E-state index contributed by atoms with van der Waals surface area (Å²) in [4.78, 5) is 4.06. The lowest BCUT2D eigenvalue weighted by atomic mass is 10.1. The normalized spacial score (nSPS) is 12.6. The van der Waals surface area contributed by atoms with Crippen LogP contribution >= 0.6 is 0 Å². The van der Waals surface area contributed by atoms with Crippen LogP contribution in [0.2, 0.25) is 1.41 Å². The molecule has 0 rings (SSSR count). The number of methoxy groups -OCH3 is 1. The van der Waals surface area contributed by atoms with Gasteiger partial charge in [-0.3, -0.25) is 0 Å². The third-order valence-corrected chi connectivity index (χ3v) is 2.56. The maximum Gasteiger partial charge on any atom is 0.281 e. The molecule has 0 fully saturated rings. The van der Waals surface area contributed by atoms with Gasteiger partial charge in [0, 0.05) is 6.54 Å². The predicted molar refractivity (Wildman–Crippen MR) is 69.5 cm³/mol. The van der Waals surface area contributed by atoms with Crippen LogP contribution in [0.15, 0.2) is 4.99 Å². The maximum atomic E-state index is 6.78. The predicted octanol–water partition coefficient (Wildman–Crippen LogP) is 2.03. The van der Waals surface area contributed by atoms with Crippen molar-refractivity contribution in [1.82, 2.24) is 0 Å². The molecule has 0 saturated carbocycles. The molecule has 96 valence electrons. The summed E-state index contributed by atoms with van der Waals surface area (Å²) >= 11 is 0. The van der Waals surface area contributed by atoms with Gasteiger partial charge in [0.25, 0.3) is 6.02 Å². The maximum absolute atomic E-state index is 6.78. The lowest BCUT2D eigenvalue weighted by Gasteiger charge is -2.01. The molecule has 0 aliphatic heterocycles. The van der Waals surface area contributed by atoms with Gasteiger partial charge in [0.15, 0.2) is 0 Å². The van der Waals surface area contributed by atoms with Crippen molar-refractivity contribution in [1.29, 1.82) is 0 Å². The number of rotatable bonds is 11. The van der Waals surface area contributed by atoms with E-state index in [-0.39, 0.29) is 6.02 Å². The second kappa shape index (κ2) is 12.3. The van der Waals surface area contributed by atoms with E-state index in [1.807, 2.05) is 0 Å². The van der Waals surface area contributed by atoms with Gasteiger partial charge < -0.3 is 16.2 Å². The average Bonchev–Trinajstić information content (AvgIpc) is 2.35. The van der Waals surface area contributed by atoms with Gasteiger partial charge in [0.2, 0.25) is 0 Å². The topological polar surface area (TPSA) is 73.6 Å². The average molecular weight is 231 g/mol. The zero-order chi connectivity index (χ0) is 12.8. The highest BCUT2D eigenvalue weighted by molar-refractivity contribution is 5.71. The van der Waals surface area contributed by atoms with Gasteiger partial charge >= 0.3 is 0 Å². The molecule has 0 amide bonds. The number of unbranched alkanes of at least 4 members (excludes halogenated alkanes) is 7. The van der Waals surface area contributed by atoms with Crippen LogP contribution in [-0.4, -0.2) is 26.2 Å². The number of aliphatic imine (C=N–C) groups is 1. The molecule has 4 heteroatoms. The summed E-state index contributed by atoms with van der Waals surface area (Å²) in [6, 6.07) is 0.285. The van der Waals surface area contributed by atoms with Crippen LogP contribution in [0.25, 0.3) is 0 Å². The number of hydrogen-bond acceptors (Lipinski definition) is 3. The summed E-state index contributed by atoms with van der Waals surface area (Å²) in [5.74, 6) is 0. The van der Waals surface area contributed by atoms with Crippen molar-refractivity contribution in [3.63, 3.8) is 0 Å². The van der Waals surface area contributed by atoms with Gasteiger partial charge in [-0.1, -0.05) is 38.5 Å². The number of hydrogen-bond donors (Lipinski definition) is 2. The van der Waals surface area contributed by atoms with Gasteiger partial charge in [-0.15, -0.1) is 0 Å². The molecular formula is C12H27N3O. The molecule has 0 unspecified atom stereocenters. The zero-order valence-electron chi connectivity index (χ0n) is 11.5. The quantitative estimate of drug-likeness (QED) is 0.324. The molecule has 0 aromatic carbocycles. The summed E-state index contributed by atoms with van der Waals surface area (Å²) in [7, 11) is 1.54. The van der Waals surface area contributed by atoms with Gasteiger partial charge in [0.1, 0.15) is 1.41 Å². The van der Waals surface area contributed by atoms with Crippen molar-refractivity contribution in [3.05, 3.63) is 0 Å². The van der Waals surface area contributed by atoms with Crippen molar-refractivity contribution in [2.24, 2.45) is 16.5 Å². The van der Waals surface area contributed by atoms with Gasteiger partial charge in [-0.2, -0.15) is 0 Å². The molecule has 4 nitrogen and oxygen atoms in total. The van der Waals surface area contributed by atoms with Crippen molar-refractivity contribution in [2.75, 3.05) is 20.2 Å². The van der Waals surface area contributed by atoms with Crippen molar-refractivity contribution >= 4 is 6.02 Å². The van der Waals surface area contributed by atoms with E-state index in [1.165, 1.54) is 45.6 Å². The molecular weight excluding hydrogens is 202 g/mol. The van der Waals surface area contributed by atoms with Crippen LogP contribution in [0.3, 0.4) is 0 Å². The highest BCUT2D eigenvalue weighted by atomic mass is 16.5. The summed E-state index contributed by atoms with van der Waals surface area (Å²) in [6.45, 7) is 1.59. The van der Waals surface area contributed by atoms with E-state index >= 15 is 0 Å². The molecule has 0 radical (unpaired) electrons. The third-order valence-electron chi connectivity index (χ3n) is 2.56. The Labute approximate surface area is 101 Å². The smallest absolute Gasteiger partial charge is 0.281 e. The first-order chi connectivity index (χ1) is 8.31. The van der Waals surface area contributed by atoms with Crippen molar-refractivity contribution < 1.29 is 6.15 Å². The largest absolute Gasteiger partial charge is 0.469 e. The van der Waals surface area contributed by atoms with E-state index in [2.05, 4.69) is 10.7 Å². The summed E-state index contributed by atoms with van der Waals surface area (Å²) < 4.78 is 11.5. The van der Waals surface area contributed by atoms with E-state index < -0.39 is 0 Å². The summed E-state index contributed by atoms with van der Waals surface area (Å²) in [6.07, 6.45) is 9.84. The fraction of sp³-hybridized carbons (Fsp3) is 0.917. The fourth-order valence-corrected chi connectivity index (χ4v) is 1.55. The van der Waals surface area contributed by atoms with Gasteiger partial charge in [-0.25, -0.2) is 4.99 Å². The molecule has 0 bridgehead atoms. The number of amidine groups is 1. The minimum atomic E-state index is 0.285. The Morgan fingerprint density at radius 2 is 1.62 bits per heavy atom. The minimum absolute atomic E-state index is 0.285. The molecule has 0 atom stereocenters. The summed E-state index contributed by atoms with van der Waals surface area (Å²) in [5, 5.41) is 0. The first-order valence-electron chi connectivity index (χ1n) is 6.79. The molecule has 16 heavy (non-hydrogen) atoms. The van der Waals surface area contributed by atoms with Crippen LogP contribution < -0.4 is 11.5 Å². The molecule has 0 spiro atoms. The zero-order valence-corrected chi connectivity index (χ0v) is 10.5. The number of nitrogens with zero attached hydrogens (tertiary/aromatic N) is 1. The first kappa shape index (κ1) is 13.3. The van der Waals surface area contributed by atoms with Gasteiger partial charge in [0.05, 0.1) is 7.11 Å². The Morgan fingerprint density at radius 3 is 2.19 bits per heavy atom.